The predicted molar refractivity (Wildman–Crippen MR) is 123 cm³/mol. The lowest BCUT2D eigenvalue weighted by Gasteiger charge is -2.11. The highest BCUT2D eigenvalue weighted by atomic mass is 16.2. The van der Waals surface area contributed by atoms with Crippen molar-refractivity contribution in [2.24, 2.45) is 0 Å². The summed E-state index contributed by atoms with van der Waals surface area (Å²) in [5, 5.41) is 15.1. The van der Waals surface area contributed by atoms with Gasteiger partial charge < -0.3 is 15.2 Å². The second kappa shape index (κ2) is 9.14. The maximum atomic E-state index is 12.6. The van der Waals surface area contributed by atoms with Crippen molar-refractivity contribution in [3.05, 3.63) is 82.7 Å². The zero-order chi connectivity index (χ0) is 22.5. The fraction of sp³-hybridized carbons (Fsp3) is 0.160. The molecule has 0 fully saturated rings. The second-order valence-electron chi connectivity index (χ2n) is 7.38. The molecule has 0 unspecified atom stereocenters. The first-order valence-corrected chi connectivity index (χ1v) is 9.85. The van der Waals surface area contributed by atoms with Crippen LogP contribution in [0.15, 0.2) is 60.2 Å². The molecular formula is C25H24N4O2. The molecule has 6 heteroatoms. The van der Waals surface area contributed by atoms with Gasteiger partial charge in [0, 0.05) is 35.4 Å². The minimum Gasteiger partial charge on any atom is -0.326 e. The Morgan fingerprint density at radius 2 is 1.52 bits per heavy atom. The molecule has 6 nitrogen and oxygen atoms in total. The molecule has 0 aliphatic heterocycles. The lowest BCUT2D eigenvalue weighted by molar-refractivity contribution is -0.114. The Balaban J connectivity index is 1.88. The Labute approximate surface area is 181 Å². The number of amides is 2. The number of benzene rings is 2. The highest BCUT2D eigenvalue weighted by Gasteiger charge is 2.14. The first-order chi connectivity index (χ1) is 14.8. The number of carbonyl (C=O) groups excluding carboxylic acids is 2. The third-order valence-electron chi connectivity index (χ3n) is 4.89. The van der Waals surface area contributed by atoms with Crippen LogP contribution >= 0.6 is 0 Å². The summed E-state index contributed by atoms with van der Waals surface area (Å²) >= 11 is 0. The van der Waals surface area contributed by atoms with Crippen LogP contribution in [0.1, 0.15) is 29.4 Å². The molecule has 156 valence electrons. The molecule has 2 amide bonds. The van der Waals surface area contributed by atoms with Crippen LogP contribution in [0.4, 0.5) is 11.4 Å². The minimum atomic E-state index is -0.448. The number of hydrogen-bond acceptors (Lipinski definition) is 3. The summed E-state index contributed by atoms with van der Waals surface area (Å²) < 4.78 is 2.04. The second-order valence-corrected chi connectivity index (χ2v) is 7.38. The molecule has 0 spiro atoms. The molecular weight excluding hydrogens is 388 g/mol. The highest BCUT2D eigenvalue weighted by Crippen LogP contribution is 2.24. The summed E-state index contributed by atoms with van der Waals surface area (Å²) in [6.45, 7) is 7.34. The maximum Gasteiger partial charge on any atom is 0.266 e. The summed E-state index contributed by atoms with van der Waals surface area (Å²) in [4.78, 5) is 23.8. The van der Waals surface area contributed by atoms with Gasteiger partial charge in [0.1, 0.15) is 11.6 Å². The predicted octanol–water partition coefficient (Wildman–Crippen LogP) is 4.91. The van der Waals surface area contributed by atoms with Crippen LogP contribution in [-0.4, -0.2) is 16.4 Å². The van der Waals surface area contributed by atoms with Crippen molar-refractivity contribution in [2.45, 2.75) is 27.7 Å². The number of rotatable bonds is 5. The SMILES string of the molecule is CC(=O)Nc1ccc(-n2c(C)cc(/C=C(/C#N)C(=O)Nc3ccc(C)cc3)c2C)cc1. The van der Waals surface area contributed by atoms with E-state index >= 15 is 0 Å². The monoisotopic (exact) mass is 412 g/mol. The summed E-state index contributed by atoms with van der Waals surface area (Å²) in [5.74, 6) is -0.572. The molecule has 0 radical (unpaired) electrons. The van der Waals surface area contributed by atoms with Gasteiger partial charge in [-0.25, -0.2) is 0 Å². The van der Waals surface area contributed by atoms with E-state index in [2.05, 4.69) is 10.6 Å². The van der Waals surface area contributed by atoms with E-state index < -0.39 is 5.91 Å². The summed E-state index contributed by atoms with van der Waals surface area (Å²) in [7, 11) is 0. The summed E-state index contributed by atoms with van der Waals surface area (Å²) in [6.07, 6.45) is 1.61. The van der Waals surface area contributed by atoms with Crippen LogP contribution in [0.3, 0.4) is 0 Å². The fourth-order valence-corrected chi connectivity index (χ4v) is 3.37. The number of anilines is 2. The number of aromatic nitrogens is 1. The Kier molecular flexibility index (Phi) is 6.37. The number of aryl methyl sites for hydroxylation is 2. The lowest BCUT2D eigenvalue weighted by atomic mass is 10.1. The van der Waals surface area contributed by atoms with Crippen LogP contribution in [0, 0.1) is 32.1 Å². The average Bonchev–Trinajstić information content (AvgIpc) is 3.01. The standard InChI is InChI=1S/C25H24N4O2/c1-16-5-7-23(8-6-16)28-25(31)21(15-26)14-20-13-17(2)29(18(20)3)24-11-9-22(10-12-24)27-19(4)30/h5-14H,1-4H3,(H,27,30)(H,28,31)/b21-14-. The number of nitrogens with zero attached hydrogens (tertiary/aromatic N) is 2. The molecule has 3 rings (SSSR count). The molecule has 0 saturated heterocycles. The molecule has 0 saturated carbocycles. The van der Waals surface area contributed by atoms with Crippen LogP contribution in [-0.2, 0) is 9.59 Å². The van der Waals surface area contributed by atoms with Crippen molar-refractivity contribution in [1.29, 1.82) is 5.26 Å². The first-order valence-electron chi connectivity index (χ1n) is 9.85. The molecule has 2 aromatic carbocycles. The quantitative estimate of drug-likeness (QED) is 0.461. The van der Waals surface area contributed by atoms with Crippen LogP contribution in [0.5, 0.6) is 0 Å². The van der Waals surface area contributed by atoms with E-state index in [-0.39, 0.29) is 11.5 Å². The Morgan fingerprint density at radius 3 is 2.10 bits per heavy atom. The number of nitrogens with one attached hydrogen (secondary N) is 2. The summed E-state index contributed by atoms with van der Waals surface area (Å²) in [6, 6.07) is 18.8. The van der Waals surface area contributed by atoms with E-state index in [4.69, 9.17) is 0 Å². The molecule has 3 aromatic rings. The van der Waals surface area contributed by atoms with Crippen molar-refractivity contribution < 1.29 is 9.59 Å². The Bertz CT molecular complexity index is 1190. The Hall–Kier alpha value is -4.11. The minimum absolute atomic E-state index is 0.0295. The number of carbonyl (C=O) groups is 2. The zero-order valence-corrected chi connectivity index (χ0v) is 18.0. The van der Waals surface area contributed by atoms with Crippen molar-refractivity contribution in [1.82, 2.24) is 4.57 Å². The topological polar surface area (TPSA) is 86.9 Å². The third-order valence-corrected chi connectivity index (χ3v) is 4.89. The van der Waals surface area contributed by atoms with Gasteiger partial charge in [0.2, 0.25) is 5.91 Å². The van der Waals surface area contributed by atoms with E-state index in [1.54, 1.807) is 18.2 Å². The highest BCUT2D eigenvalue weighted by molar-refractivity contribution is 6.09. The van der Waals surface area contributed by atoms with Crippen molar-refractivity contribution in [3.63, 3.8) is 0 Å². The average molecular weight is 412 g/mol. The van der Waals surface area contributed by atoms with Crippen LogP contribution in [0.25, 0.3) is 11.8 Å². The molecule has 2 N–H and O–H groups in total. The van der Waals surface area contributed by atoms with Gasteiger partial charge >= 0.3 is 0 Å². The molecule has 0 aliphatic carbocycles. The van der Waals surface area contributed by atoms with E-state index in [9.17, 15) is 14.9 Å². The molecule has 0 atom stereocenters. The van der Waals surface area contributed by atoms with Gasteiger partial charge in [0.15, 0.2) is 0 Å². The van der Waals surface area contributed by atoms with Gasteiger partial charge in [-0.1, -0.05) is 17.7 Å². The number of hydrogen-bond donors (Lipinski definition) is 2. The van der Waals surface area contributed by atoms with Gasteiger partial charge in [-0.05, 0) is 74.9 Å². The zero-order valence-electron chi connectivity index (χ0n) is 18.0. The maximum absolute atomic E-state index is 12.6. The smallest absolute Gasteiger partial charge is 0.266 e. The fourth-order valence-electron chi connectivity index (χ4n) is 3.37. The largest absolute Gasteiger partial charge is 0.326 e. The van der Waals surface area contributed by atoms with Crippen LogP contribution < -0.4 is 10.6 Å². The van der Waals surface area contributed by atoms with Crippen molar-refractivity contribution >= 4 is 29.3 Å². The molecule has 0 bridgehead atoms. The van der Waals surface area contributed by atoms with Gasteiger partial charge in [-0.15, -0.1) is 0 Å². The van der Waals surface area contributed by atoms with E-state index in [0.717, 1.165) is 33.9 Å². The Morgan fingerprint density at radius 1 is 0.935 bits per heavy atom. The van der Waals surface area contributed by atoms with Gasteiger partial charge in [-0.3, -0.25) is 9.59 Å². The van der Waals surface area contributed by atoms with Gasteiger partial charge in [0.05, 0.1) is 0 Å². The lowest BCUT2D eigenvalue weighted by Crippen LogP contribution is -2.13. The van der Waals surface area contributed by atoms with Crippen molar-refractivity contribution in [3.8, 4) is 11.8 Å². The number of nitriles is 1. The summed E-state index contributed by atoms with van der Waals surface area (Å²) in [5.41, 5.74) is 6.06. The van der Waals surface area contributed by atoms with E-state index in [1.807, 2.05) is 73.9 Å². The van der Waals surface area contributed by atoms with E-state index in [0.29, 0.717) is 5.69 Å². The van der Waals surface area contributed by atoms with Crippen molar-refractivity contribution in [2.75, 3.05) is 10.6 Å². The van der Waals surface area contributed by atoms with Gasteiger partial charge in [-0.2, -0.15) is 5.26 Å². The van der Waals surface area contributed by atoms with Crippen LogP contribution in [0.2, 0.25) is 0 Å². The first kappa shape index (κ1) is 21.6. The normalized spacial score (nSPS) is 11.0. The third kappa shape index (κ3) is 5.09. The van der Waals surface area contributed by atoms with Gasteiger partial charge in [0.25, 0.3) is 5.91 Å². The van der Waals surface area contributed by atoms with E-state index in [1.165, 1.54) is 6.92 Å². The molecule has 0 aliphatic rings. The molecule has 1 heterocycles. The molecule has 31 heavy (non-hydrogen) atoms. The molecule has 1 aromatic heterocycles.